The van der Waals surface area contributed by atoms with E-state index in [2.05, 4.69) is 0 Å². The van der Waals surface area contributed by atoms with Gasteiger partial charge in [0.15, 0.2) is 12.4 Å². The first-order valence-corrected chi connectivity index (χ1v) is 4.98. The molecule has 1 aromatic rings. The zero-order valence-electron chi connectivity index (χ0n) is 7.73. The second-order valence-electron chi connectivity index (χ2n) is 2.51. The van der Waals surface area contributed by atoms with Crippen LogP contribution in [0.15, 0.2) is 24.5 Å². The molecule has 0 aliphatic heterocycles. The highest BCUT2D eigenvalue weighted by Gasteiger charge is 2.04. The molecule has 0 atom stereocenters. The fourth-order valence-corrected chi connectivity index (χ4v) is 0.714. The summed E-state index contributed by atoms with van der Waals surface area (Å²) in [6, 6.07) is 3.26. The van der Waals surface area contributed by atoms with Crippen LogP contribution < -0.4 is 4.57 Å². The number of nitrogens with zero attached hydrogens (tertiary/aromatic N) is 1. The van der Waals surface area contributed by atoms with Crippen molar-refractivity contribution in [2.45, 2.75) is 0 Å². The molecule has 0 aliphatic rings. The van der Waals surface area contributed by atoms with Crippen LogP contribution >= 0.6 is 0 Å². The first-order chi connectivity index (χ1) is 6.70. The fourth-order valence-electron chi connectivity index (χ4n) is 0.714. The Labute approximate surface area is 86.2 Å². The fraction of sp³-hybridized carbons (Fsp3) is 0.143. The van der Waals surface area contributed by atoms with Gasteiger partial charge in [-0.25, -0.2) is 9.36 Å². The Morgan fingerprint density at radius 1 is 1.40 bits per heavy atom. The van der Waals surface area contributed by atoms with Gasteiger partial charge in [-0.3, -0.25) is 9.11 Å². The molecule has 1 heterocycles. The van der Waals surface area contributed by atoms with Crippen molar-refractivity contribution in [1.29, 1.82) is 0 Å². The van der Waals surface area contributed by atoms with Crippen LogP contribution in [0.3, 0.4) is 0 Å². The standard InChI is InChI=1S/C7H7NO2.H2O4S/c1-8-4-2-3-6(5-8)7(9)10;1-5(2,3)4/h2-5H,1H3;(H2,1,2,3,4)/p+1. The summed E-state index contributed by atoms with van der Waals surface area (Å²) in [6.45, 7) is 0. The first kappa shape index (κ1) is 13.5. The second kappa shape index (κ2) is 5.39. The minimum absolute atomic E-state index is 0.310. The molecule has 7 nitrogen and oxygen atoms in total. The van der Waals surface area contributed by atoms with E-state index in [-0.39, 0.29) is 0 Å². The lowest BCUT2D eigenvalue weighted by Gasteiger charge is -1.88. The van der Waals surface area contributed by atoms with E-state index in [0.29, 0.717) is 5.56 Å². The summed E-state index contributed by atoms with van der Waals surface area (Å²) in [5.41, 5.74) is 0.310. The summed E-state index contributed by atoms with van der Waals surface area (Å²) >= 11 is 0. The third-order valence-electron chi connectivity index (χ3n) is 1.19. The SMILES string of the molecule is C[n+]1cccc(C(=O)O)c1.O=S(=O)(O)O. The maximum atomic E-state index is 10.3. The van der Waals surface area contributed by atoms with Crippen molar-refractivity contribution in [3.05, 3.63) is 30.1 Å². The van der Waals surface area contributed by atoms with Crippen LogP contribution in [0.4, 0.5) is 0 Å². The van der Waals surface area contributed by atoms with Gasteiger partial charge >= 0.3 is 16.4 Å². The van der Waals surface area contributed by atoms with E-state index in [1.807, 2.05) is 0 Å². The minimum atomic E-state index is -4.67. The van der Waals surface area contributed by atoms with Gasteiger partial charge < -0.3 is 5.11 Å². The number of carboxylic acids is 1. The van der Waals surface area contributed by atoms with Crippen LogP contribution in [-0.4, -0.2) is 28.6 Å². The molecule has 0 amide bonds. The lowest BCUT2D eigenvalue weighted by atomic mass is 10.3. The van der Waals surface area contributed by atoms with Crippen LogP contribution in [0.1, 0.15) is 10.4 Å². The van der Waals surface area contributed by atoms with Gasteiger partial charge in [0.05, 0.1) is 0 Å². The van der Waals surface area contributed by atoms with E-state index < -0.39 is 16.4 Å². The van der Waals surface area contributed by atoms with Crippen molar-refractivity contribution in [2.75, 3.05) is 0 Å². The van der Waals surface area contributed by atoms with E-state index in [9.17, 15) is 4.79 Å². The zero-order valence-corrected chi connectivity index (χ0v) is 8.55. The van der Waals surface area contributed by atoms with Gasteiger partial charge in [-0.05, 0) is 6.07 Å². The third-order valence-corrected chi connectivity index (χ3v) is 1.19. The van der Waals surface area contributed by atoms with Crippen molar-refractivity contribution < 1.29 is 32.0 Å². The molecule has 1 rings (SSSR count). The molecular formula is C7H10NO6S+. The van der Waals surface area contributed by atoms with Gasteiger partial charge in [0, 0.05) is 6.07 Å². The van der Waals surface area contributed by atoms with Gasteiger partial charge in [-0.2, -0.15) is 8.42 Å². The molecule has 0 aromatic carbocycles. The van der Waals surface area contributed by atoms with E-state index in [1.165, 1.54) is 0 Å². The van der Waals surface area contributed by atoms with Gasteiger partial charge in [0.2, 0.25) is 0 Å². The number of carbonyl (C=O) groups is 1. The Bertz CT molecular complexity index is 433. The maximum absolute atomic E-state index is 10.3. The highest BCUT2D eigenvalue weighted by Crippen LogP contribution is 1.91. The average molecular weight is 236 g/mol. The topological polar surface area (TPSA) is 116 Å². The van der Waals surface area contributed by atoms with Crippen molar-refractivity contribution in [1.82, 2.24) is 0 Å². The van der Waals surface area contributed by atoms with Crippen LogP contribution in [0.2, 0.25) is 0 Å². The van der Waals surface area contributed by atoms with Crippen molar-refractivity contribution in [3.8, 4) is 0 Å². The van der Waals surface area contributed by atoms with E-state index in [4.69, 9.17) is 22.6 Å². The lowest BCUT2D eigenvalue weighted by Crippen LogP contribution is -2.27. The highest BCUT2D eigenvalue weighted by molar-refractivity contribution is 7.79. The average Bonchev–Trinajstić information content (AvgIpc) is 2.00. The van der Waals surface area contributed by atoms with Gasteiger partial charge in [0.25, 0.3) is 0 Å². The third kappa shape index (κ3) is 8.81. The summed E-state index contributed by atoms with van der Waals surface area (Å²) < 4.78 is 33.3. The molecule has 0 bridgehead atoms. The van der Waals surface area contributed by atoms with E-state index in [0.717, 1.165) is 0 Å². The van der Waals surface area contributed by atoms with Crippen molar-refractivity contribution in [3.63, 3.8) is 0 Å². The molecule has 1 aromatic heterocycles. The van der Waals surface area contributed by atoms with Crippen LogP contribution in [-0.2, 0) is 17.4 Å². The molecule has 0 fully saturated rings. The molecule has 0 aliphatic carbocycles. The monoisotopic (exact) mass is 236 g/mol. The van der Waals surface area contributed by atoms with Crippen LogP contribution in [0.5, 0.6) is 0 Å². The Hall–Kier alpha value is -1.51. The Morgan fingerprint density at radius 2 is 1.87 bits per heavy atom. The molecule has 84 valence electrons. The van der Waals surface area contributed by atoms with Crippen LogP contribution in [0, 0.1) is 0 Å². The summed E-state index contributed by atoms with van der Waals surface area (Å²) in [5.74, 6) is -0.892. The Kier molecular flexibility index (Phi) is 4.85. The van der Waals surface area contributed by atoms with Crippen LogP contribution in [0.25, 0.3) is 0 Å². The molecule has 0 spiro atoms. The van der Waals surface area contributed by atoms with E-state index in [1.54, 1.807) is 36.1 Å². The predicted octanol–water partition coefficient (Wildman–Crippen LogP) is -0.443. The van der Waals surface area contributed by atoms with Gasteiger partial charge in [0.1, 0.15) is 12.6 Å². The number of hydrogen-bond acceptors (Lipinski definition) is 3. The molecule has 15 heavy (non-hydrogen) atoms. The molecule has 0 saturated carbocycles. The molecule has 0 saturated heterocycles. The Balaban J connectivity index is 0.000000336. The highest BCUT2D eigenvalue weighted by atomic mass is 32.3. The number of hydrogen-bond donors (Lipinski definition) is 3. The maximum Gasteiger partial charge on any atom is 0.394 e. The largest absolute Gasteiger partial charge is 0.477 e. The number of carboxylic acid groups (broad SMARTS) is 1. The summed E-state index contributed by atoms with van der Waals surface area (Å²) in [4.78, 5) is 10.3. The molecular weight excluding hydrogens is 226 g/mol. The summed E-state index contributed by atoms with van der Waals surface area (Å²) in [5, 5.41) is 8.50. The molecule has 0 unspecified atom stereocenters. The van der Waals surface area contributed by atoms with Gasteiger partial charge in [-0.1, -0.05) is 0 Å². The predicted molar refractivity (Wildman–Crippen MR) is 48.8 cm³/mol. The summed E-state index contributed by atoms with van der Waals surface area (Å²) in [6.07, 6.45) is 3.34. The lowest BCUT2D eigenvalue weighted by molar-refractivity contribution is -0.671. The number of aromatic carboxylic acids is 1. The second-order valence-corrected chi connectivity index (χ2v) is 3.41. The van der Waals surface area contributed by atoms with E-state index >= 15 is 0 Å². The molecule has 8 heteroatoms. The first-order valence-electron chi connectivity index (χ1n) is 3.58. The molecule has 0 radical (unpaired) electrons. The number of pyridine rings is 1. The number of rotatable bonds is 1. The minimum Gasteiger partial charge on any atom is -0.477 e. The normalized spacial score (nSPS) is 10.1. The quantitative estimate of drug-likeness (QED) is 0.449. The number of aromatic nitrogens is 1. The zero-order chi connectivity index (χ0) is 12.1. The molecule has 3 N–H and O–H groups in total. The smallest absolute Gasteiger partial charge is 0.394 e. The van der Waals surface area contributed by atoms with Crippen molar-refractivity contribution in [2.24, 2.45) is 7.05 Å². The Morgan fingerprint density at radius 3 is 2.13 bits per heavy atom. The van der Waals surface area contributed by atoms with Gasteiger partial charge in [-0.15, -0.1) is 0 Å². The number of aryl methyl sites for hydroxylation is 1. The van der Waals surface area contributed by atoms with Crippen molar-refractivity contribution >= 4 is 16.4 Å². The summed E-state index contributed by atoms with van der Waals surface area (Å²) in [7, 11) is -2.88.